The largest absolute Gasteiger partial charge is 0.490 e. The molecule has 0 saturated carbocycles. The summed E-state index contributed by atoms with van der Waals surface area (Å²) >= 11 is 0. The molecule has 118 valence electrons. The van der Waals surface area contributed by atoms with Crippen LogP contribution in [0.5, 0.6) is 5.75 Å². The van der Waals surface area contributed by atoms with Crippen LogP contribution in [0.15, 0.2) is 42.5 Å². The zero-order valence-corrected chi connectivity index (χ0v) is 12.0. The summed E-state index contributed by atoms with van der Waals surface area (Å²) in [4.78, 5) is 33.7. The average molecular weight is 316 g/mol. The number of methoxy groups -OCH3 is 1. The number of nitro groups is 1. The molecule has 0 fully saturated rings. The molecule has 0 heterocycles. The van der Waals surface area contributed by atoms with Crippen molar-refractivity contribution < 1.29 is 24.4 Å². The minimum absolute atomic E-state index is 0.182. The van der Waals surface area contributed by atoms with Crippen molar-refractivity contribution in [1.29, 1.82) is 0 Å². The summed E-state index contributed by atoms with van der Waals surface area (Å²) in [5.41, 5.74) is -0.640. The van der Waals surface area contributed by atoms with E-state index in [1.54, 1.807) is 18.2 Å². The van der Waals surface area contributed by atoms with E-state index in [1.165, 1.54) is 19.2 Å². The maximum atomic E-state index is 12.1. The molecule has 2 aromatic carbocycles. The minimum atomic E-state index is -1.35. The lowest BCUT2D eigenvalue weighted by molar-refractivity contribution is -0.385. The summed E-state index contributed by atoms with van der Waals surface area (Å²) in [5, 5.41) is 22.6. The molecule has 0 radical (unpaired) electrons. The van der Waals surface area contributed by atoms with E-state index in [0.717, 1.165) is 12.1 Å². The van der Waals surface area contributed by atoms with E-state index in [1.807, 2.05) is 0 Å². The Morgan fingerprint density at radius 3 is 2.39 bits per heavy atom. The van der Waals surface area contributed by atoms with Crippen molar-refractivity contribution in [2.45, 2.75) is 0 Å². The van der Waals surface area contributed by atoms with Crippen LogP contribution in [-0.2, 0) is 0 Å². The Morgan fingerprint density at radius 1 is 1.22 bits per heavy atom. The number of nitrogens with zero attached hydrogens (tertiary/aromatic N) is 1. The number of aromatic carboxylic acids is 1. The number of nitro benzene ring substituents is 1. The first kappa shape index (κ1) is 16.0. The Bertz CT molecular complexity index is 773. The quantitative estimate of drug-likeness (QED) is 0.646. The molecule has 0 unspecified atom stereocenters. The van der Waals surface area contributed by atoms with Gasteiger partial charge in [0.05, 0.1) is 23.3 Å². The van der Waals surface area contributed by atoms with Gasteiger partial charge in [0.1, 0.15) is 0 Å². The first-order chi connectivity index (χ1) is 10.9. The van der Waals surface area contributed by atoms with E-state index in [-0.39, 0.29) is 17.0 Å². The fourth-order valence-corrected chi connectivity index (χ4v) is 1.94. The molecule has 2 rings (SSSR count). The summed E-state index contributed by atoms with van der Waals surface area (Å²) in [6.07, 6.45) is 0. The lowest BCUT2D eigenvalue weighted by Crippen LogP contribution is -2.15. The van der Waals surface area contributed by atoms with Gasteiger partial charge in [-0.05, 0) is 12.1 Å². The summed E-state index contributed by atoms with van der Waals surface area (Å²) in [6, 6.07) is 10.0. The van der Waals surface area contributed by atoms with Gasteiger partial charge in [-0.2, -0.15) is 0 Å². The summed E-state index contributed by atoms with van der Waals surface area (Å²) in [6.45, 7) is 0. The molecule has 0 atom stereocenters. The second-order valence-corrected chi connectivity index (χ2v) is 4.45. The molecule has 8 heteroatoms. The fraction of sp³-hybridized carbons (Fsp3) is 0.0667. The van der Waals surface area contributed by atoms with Crippen LogP contribution >= 0.6 is 0 Å². The Labute approximate surface area is 130 Å². The first-order valence-corrected chi connectivity index (χ1v) is 6.40. The van der Waals surface area contributed by atoms with E-state index < -0.39 is 22.5 Å². The molecule has 0 aliphatic carbocycles. The fourth-order valence-electron chi connectivity index (χ4n) is 1.94. The first-order valence-electron chi connectivity index (χ1n) is 6.40. The van der Waals surface area contributed by atoms with E-state index in [9.17, 15) is 24.8 Å². The summed E-state index contributed by atoms with van der Waals surface area (Å²) in [7, 11) is 1.19. The number of carbonyl (C=O) groups excluding carboxylic acids is 1. The lowest BCUT2D eigenvalue weighted by Gasteiger charge is -2.10. The van der Waals surface area contributed by atoms with E-state index in [0.29, 0.717) is 5.56 Å². The number of nitrogens with one attached hydrogen (secondary N) is 1. The van der Waals surface area contributed by atoms with Gasteiger partial charge in [-0.1, -0.05) is 18.2 Å². The molecule has 2 aromatic rings. The molecule has 23 heavy (non-hydrogen) atoms. The van der Waals surface area contributed by atoms with Gasteiger partial charge in [0.15, 0.2) is 5.75 Å². The van der Waals surface area contributed by atoms with Crippen LogP contribution in [0.1, 0.15) is 20.7 Å². The molecule has 0 saturated heterocycles. The molecule has 2 N–H and O–H groups in total. The lowest BCUT2D eigenvalue weighted by atomic mass is 10.1. The monoisotopic (exact) mass is 316 g/mol. The molecule has 0 bridgehead atoms. The maximum absolute atomic E-state index is 12.1. The highest BCUT2D eigenvalue weighted by Crippen LogP contribution is 2.33. The van der Waals surface area contributed by atoms with E-state index in [2.05, 4.69) is 5.32 Å². The van der Waals surface area contributed by atoms with Crippen LogP contribution < -0.4 is 10.1 Å². The number of amides is 1. The third kappa shape index (κ3) is 3.43. The Kier molecular flexibility index (Phi) is 4.55. The predicted molar refractivity (Wildman–Crippen MR) is 81.0 cm³/mol. The van der Waals surface area contributed by atoms with Crippen molar-refractivity contribution >= 4 is 23.3 Å². The van der Waals surface area contributed by atoms with Crippen LogP contribution in [-0.4, -0.2) is 29.0 Å². The number of rotatable bonds is 5. The molecule has 1 amide bonds. The highest BCUT2D eigenvalue weighted by Gasteiger charge is 2.23. The van der Waals surface area contributed by atoms with E-state index in [4.69, 9.17) is 4.74 Å². The number of carbonyl (C=O) groups is 2. The zero-order chi connectivity index (χ0) is 17.0. The van der Waals surface area contributed by atoms with Gasteiger partial charge in [0.25, 0.3) is 5.91 Å². The summed E-state index contributed by atoms with van der Waals surface area (Å²) < 4.78 is 4.82. The van der Waals surface area contributed by atoms with E-state index >= 15 is 0 Å². The second-order valence-electron chi connectivity index (χ2n) is 4.45. The molecule has 0 aromatic heterocycles. The molecular formula is C15H12N2O6. The van der Waals surface area contributed by atoms with Gasteiger partial charge >= 0.3 is 11.7 Å². The number of ether oxygens (including phenoxy) is 1. The highest BCUT2D eigenvalue weighted by molar-refractivity contribution is 6.08. The Morgan fingerprint density at radius 2 is 1.87 bits per heavy atom. The number of anilines is 1. The van der Waals surface area contributed by atoms with Gasteiger partial charge in [0.2, 0.25) is 0 Å². The standard InChI is InChI=1S/C15H12N2O6/c1-23-13-7-10(15(19)20)11(8-12(13)17(21)22)16-14(18)9-5-3-2-4-6-9/h2-8H,1H3,(H,16,18)(H,19,20). The van der Waals surface area contributed by atoms with Crippen LogP contribution in [0.3, 0.4) is 0 Å². The average Bonchev–Trinajstić information content (AvgIpc) is 2.54. The number of hydrogen-bond donors (Lipinski definition) is 2. The number of carboxylic acid groups (broad SMARTS) is 1. The smallest absolute Gasteiger partial charge is 0.337 e. The van der Waals surface area contributed by atoms with Crippen molar-refractivity contribution in [2.24, 2.45) is 0 Å². The van der Waals surface area contributed by atoms with Crippen LogP contribution in [0, 0.1) is 10.1 Å². The zero-order valence-electron chi connectivity index (χ0n) is 12.0. The van der Waals surface area contributed by atoms with Crippen molar-refractivity contribution in [2.75, 3.05) is 12.4 Å². The summed E-state index contributed by atoms with van der Waals surface area (Å²) in [5.74, 6) is -2.13. The van der Waals surface area contributed by atoms with Crippen molar-refractivity contribution in [3.63, 3.8) is 0 Å². The van der Waals surface area contributed by atoms with Gasteiger partial charge < -0.3 is 15.2 Å². The van der Waals surface area contributed by atoms with Crippen LogP contribution in [0.25, 0.3) is 0 Å². The number of carboxylic acids is 1. The SMILES string of the molecule is COc1cc(C(=O)O)c(NC(=O)c2ccccc2)cc1[N+](=O)[O-]. The highest BCUT2D eigenvalue weighted by atomic mass is 16.6. The molecule has 0 spiro atoms. The predicted octanol–water partition coefficient (Wildman–Crippen LogP) is 2.55. The normalized spacial score (nSPS) is 9.96. The second kappa shape index (κ2) is 6.56. The minimum Gasteiger partial charge on any atom is -0.490 e. The Hall–Kier alpha value is -3.42. The van der Waals surface area contributed by atoms with Crippen molar-refractivity contribution in [3.8, 4) is 5.75 Å². The topological polar surface area (TPSA) is 119 Å². The van der Waals surface area contributed by atoms with Crippen LogP contribution in [0.2, 0.25) is 0 Å². The Balaban J connectivity index is 2.47. The molecule has 0 aliphatic heterocycles. The number of hydrogen-bond acceptors (Lipinski definition) is 5. The maximum Gasteiger partial charge on any atom is 0.337 e. The van der Waals surface area contributed by atoms with Gasteiger partial charge in [0, 0.05) is 17.7 Å². The van der Waals surface area contributed by atoms with Gasteiger partial charge in [-0.15, -0.1) is 0 Å². The van der Waals surface area contributed by atoms with Gasteiger partial charge in [-0.3, -0.25) is 14.9 Å². The van der Waals surface area contributed by atoms with Gasteiger partial charge in [-0.25, -0.2) is 4.79 Å². The molecule has 0 aliphatic rings. The molecule has 8 nitrogen and oxygen atoms in total. The third-order valence-corrected chi connectivity index (χ3v) is 3.03. The van der Waals surface area contributed by atoms with Crippen molar-refractivity contribution in [3.05, 3.63) is 63.7 Å². The molecular weight excluding hydrogens is 304 g/mol. The number of benzene rings is 2. The third-order valence-electron chi connectivity index (χ3n) is 3.03. The van der Waals surface area contributed by atoms with Crippen LogP contribution in [0.4, 0.5) is 11.4 Å². The van der Waals surface area contributed by atoms with Crippen molar-refractivity contribution in [1.82, 2.24) is 0 Å².